The highest BCUT2D eigenvalue weighted by Crippen LogP contribution is 2.34. The summed E-state index contributed by atoms with van der Waals surface area (Å²) in [5, 5.41) is 0. The van der Waals surface area contributed by atoms with Crippen LogP contribution in [-0.2, 0) is 20.6 Å². The predicted molar refractivity (Wildman–Crippen MR) is 96.2 cm³/mol. The van der Waals surface area contributed by atoms with Crippen molar-refractivity contribution in [3.63, 3.8) is 0 Å². The van der Waals surface area contributed by atoms with Crippen LogP contribution in [0.2, 0.25) is 0 Å². The van der Waals surface area contributed by atoms with Crippen LogP contribution in [0.5, 0.6) is 0 Å². The van der Waals surface area contributed by atoms with Gasteiger partial charge in [-0.3, -0.25) is 4.79 Å². The fourth-order valence-electron chi connectivity index (χ4n) is 4.34. The summed E-state index contributed by atoms with van der Waals surface area (Å²) in [6.07, 6.45) is 5.04. The smallest absolute Gasteiger partial charge is 0.225 e. The van der Waals surface area contributed by atoms with Gasteiger partial charge in [-0.2, -0.15) is 4.31 Å². The van der Waals surface area contributed by atoms with Crippen LogP contribution in [0.15, 0.2) is 30.3 Å². The minimum atomic E-state index is -3.36. The first-order valence-electron chi connectivity index (χ1n) is 9.35. The Balaban J connectivity index is 1.51. The number of nitrogens with zero attached hydrogens (tertiary/aromatic N) is 2. The molecule has 5 nitrogen and oxygen atoms in total. The van der Waals surface area contributed by atoms with Crippen LogP contribution in [0.25, 0.3) is 0 Å². The third-order valence-corrected chi connectivity index (χ3v) is 7.84. The molecule has 136 valence electrons. The SMILES string of the molecule is O=C(C1CCC1)N1C[C@@H]2CC[C@H](C1)N(S(=O)(=O)Cc1ccccc1)C2. The lowest BCUT2D eigenvalue weighted by Crippen LogP contribution is -2.48. The molecule has 2 bridgehead atoms. The van der Waals surface area contributed by atoms with Crippen molar-refractivity contribution in [3.05, 3.63) is 35.9 Å². The lowest BCUT2D eigenvalue weighted by molar-refractivity contribution is -0.138. The lowest BCUT2D eigenvalue weighted by Gasteiger charge is -2.35. The molecule has 5 rings (SSSR count). The van der Waals surface area contributed by atoms with Gasteiger partial charge in [-0.15, -0.1) is 0 Å². The van der Waals surface area contributed by atoms with Gasteiger partial charge in [0.1, 0.15) is 0 Å². The van der Waals surface area contributed by atoms with E-state index in [4.69, 9.17) is 0 Å². The zero-order chi connectivity index (χ0) is 17.4. The van der Waals surface area contributed by atoms with Crippen molar-refractivity contribution in [1.82, 2.24) is 9.21 Å². The van der Waals surface area contributed by atoms with E-state index in [2.05, 4.69) is 0 Å². The maximum Gasteiger partial charge on any atom is 0.225 e. The van der Waals surface area contributed by atoms with E-state index >= 15 is 0 Å². The molecule has 1 aromatic rings. The average Bonchev–Trinajstić information content (AvgIpc) is 2.86. The quantitative estimate of drug-likeness (QED) is 0.825. The maximum atomic E-state index is 13.0. The molecule has 3 aliphatic heterocycles. The van der Waals surface area contributed by atoms with E-state index in [0.29, 0.717) is 13.1 Å². The van der Waals surface area contributed by atoms with Gasteiger partial charge in [0, 0.05) is 31.6 Å². The zero-order valence-corrected chi connectivity index (χ0v) is 15.3. The number of hydrogen-bond donors (Lipinski definition) is 0. The van der Waals surface area contributed by atoms with E-state index in [1.165, 1.54) is 0 Å². The number of hydrogen-bond acceptors (Lipinski definition) is 3. The van der Waals surface area contributed by atoms with Crippen molar-refractivity contribution >= 4 is 15.9 Å². The Labute approximate surface area is 150 Å². The molecule has 1 aliphatic carbocycles. The Morgan fingerprint density at radius 2 is 1.76 bits per heavy atom. The fourth-order valence-corrected chi connectivity index (χ4v) is 6.18. The first-order chi connectivity index (χ1) is 12.0. The van der Waals surface area contributed by atoms with Gasteiger partial charge >= 0.3 is 0 Å². The number of piperidine rings is 1. The first kappa shape index (κ1) is 17.0. The molecule has 0 aromatic heterocycles. The van der Waals surface area contributed by atoms with Gasteiger partial charge in [-0.1, -0.05) is 36.8 Å². The monoisotopic (exact) mass is 362 g/mol. The van der Waals surface area contributed by atoms with Crippen LogP contribution in [0.4, 0.5) is 0 Å². The number of sulfonamides is 1. The van der Waals surface area contributed by atoms with Crippen molar-refractivity contribution < 1.29 is 13.2 Å². The summed E-state index contributed by atoms with van der Waals surface area (Å²) < 4.78 is 27.7. The van der Waals surface area contributed by atoms with Crippen molar-refractivity contribution in [1.29, 1.82) is 0 Å². The number of rotatable bonds is 4. The fraction of sp³-hybridized carbons (Fsp3) is 0.632. The number of benzene rings is 1. The summed E-state index contributed by atoms with van der Waals surface area (Å²) in [5.41, 5.74) is 0.824. The van der Waals surface area contributed by atoms with Gasteiger partial charge < -0.3 is 4.90 Å². The van der Waals surface area contributed by atoms with Crippen molar-refractivity contribution in [3.8, 4) is 0 Å². The largest absolute Gasteiger partial charge is 0.341 e. The molecule has 25 heavy (non-hydrogen) atoms. The van der Waals surface area contributed by atoms with Gasteiger partial charge in [-0.25, -0.2) is 8.42 Å². The number of fused-ring (bicyclic) bond motifs is 4. The lowest BCUT2D eigenvalue weighted by atomic mass is 9.84. The average molecular weight is 362 g/mol. The minimum absolute atomic E-state index is 0.0492. The summed E-state index contributed by atoms with van der Waals surface area (Å²) in [4.78, 5) is 14.6. The van der Waals surface area contributed by atoms with E-state index in [9.17, 15) is 13.2 Å². The zero-order valence-electron chi connectivity index (χ0n) is 14.5. The summed E-state index contributed by atoms with van der Waals surface area (Å²) in [5.74, 6) is 0.763. The van der Waals surface area contributed by atoms with Gasteiger partial charge in [-0.05, 0) is 37.2 Å². The highest BCUT2D eigenvalue weighted by molar-refractivity contribution is 7.88. The van der Waals surface area contributed by atoms with Gasteiger partial charge in [0.15, 0.2) is 0 Å². The molecule has 1 saturated carbocycles. The molecule has 4 aliphatic rings. The number of carbonyl (C=O) groups is 1. The van der Waals surface area contributed by atoms with Gasteiger partial charge in [0.05, 0.1) is 5.75 Å². The second-order valence-electron chi connectivity index (χ2n) is 7.78. The molecule has 2 atom stereocenters. The first-order valence-corrected chi connectivity index (χ1v) is 11.0. The van der Waals surface area contributed by atoms with Crippen molar-refractivity contribution in [2.75, 3.05) is 19.6 Å². The van der Waals surface area contributed by atoms with Crippen LogP contribution in [-0.4, -0.2) is 49.2 Å². The third kappa shape index (κ3) is 3.47. The van der Waals surface area contributed by atoms with E-state index in [1.54, 1.807) is 4.31 Å². The summed E-state index contributed by atoms with van der Waals surface area (Å²) in [7, 11) is -3.36. The predicted octanol–water partition coefficient (Wildman–Crippen LogP) is 2.24. The van der Waals surface area contributed by atoms with E-state index < -0.39 is 10.0 Å². The number of carbonyl (C=O) groups excluding carboxylic acids is 1. The van der Waals surface area contributed by atoms with Crippen LogP contribution in [0.1, 0.15) is 37.7 Å². The van der Waals surface area contributed by atoms with Crippen molar-refractivity contribution in [2.24, 2.45) is 11.8 Å². The normalized spacial score (nSPS) is 27.8. The van der Waals surface area contributed by atoms with Crippen LogP contribution in [0, 0.1) is 11.8 Å². The Morgan fingerprint density at radius 3 is 2.44 bits per heavy atom. The van der Waals surface area contributed by atoms with Gasteiger partial charge in [0.25, 0.3) is 0 Å². The Morgan fingerprint density at radius 1 is 1.00 bits per heavy atom. The minimum Gasteiger partial charge on any atom is -0.341 e. The molecule has 0 unspecified atom stereocenters. The Hall–Kier alpha value is -1.40. The summed E-state index contributed by atoms with van der Waals surface area (Å²) >= 11 is 0. The maximum absolute atomic E-state index is 13.0. The molecule has 1 amide bonds. The molecule has 3 saturated heterocycles. The summed E-state index contributed by atoms with van der Waals surface area (Å²) in [6.45, 7) is 1.86. The topological polar surface area (TPSA) is 57.7 Å². The van der Waals surface area contributed by atoms with E-state index in [0.717, 1.165) is 44.2 Å². The molecule has 1 aromatic carbocycles. The van der Waals surface area contributed by atoms with Crippen LogP contribution in [0.3, 0.4) is 0 Å². The number of amides is 1. The van der Waals surface area contributed by atoms with E-state index in [-0.39, 0.29) is 29.5 Å². The second kappa shape index (κ2) is 6.72. The van der Waals surface area contributed by atoms with Crippen LogP contribution < -0.4 is 0 Å². The Bertz CT molecular complexity index is 730. The third-order valence-electron chi connectivity index (χ3n) is 5.98. The molecular formula is C19H26N2O3S. The van der Waals surface area contributed by atoms with Crippen LogP contribution >= 0.6 is 0 Å². The van der Waals surface area contributed by atoms with Crippen molar-refractivity contribution in [2.45, 2.75) is 43.9 Å². The highest BCUT2D eigenvalue weighted by atomic mass is 32.2. The molecule has 4 fully saturated rings. The second-order valence-corrected chi connectivity index (χ2v) is 9.70. The standard InChI is InChI=1S/C19H26N2O3S/c22-19(17-7-4-8-17)20-11-16-9-10-18(13-20)21(12-16)25(23,24)14-15-5-2-1-3-6-15/h1-3,5-6,16-18H,4,7-14H2/t16-,18+/m0/s1. The molecule has 6 heteroatoms. The molecule has 3 heterocycles. The highest BCUT2D eigenvalue weighted by Gasteiger charge is 2.43. The van der Waals surface area contributed by atoms with Gasteiger partial charge in [0.2, 0.25) is 15.9 Å². The molecule has 0 radical (unpaired) electrons. The summed E-state index contributed by atoms with van der Waals surface area (Å²) in [6, 6.07) is 9.31. The molecular weight excluding hydrogens is 336 g/mol. The Kier molecular flexibility index (Phi) is 4.58. The van der Waals surface area contributed by atoms with E-state index in [1.807, 2.05) is 35.2 Å². The molecule has 0 N–H and O–H groups in total. The molecule has 0 spiro atoms.